The minimum absolute atomic E-state index is 0.139. The molecule has 0 saturated heterocycles. The van der Waals surface area contributed by atoms with Crippen LogP contribution in [0.1, 0.15) is 28.3 Å². The quantitative estimate of drug-likeness (QED) is 0.853. The zero-order chi connectivity index (χ0) is 14.5. The molecule has 2 heterocycles. The Morgan fingerprint density at radius 2 is 2.20 bits per heavy atom. The molecular weight excluding hydrogens is 320 g/mol. The van der Waals surface area contributed by atoms with Gasteiger partial charge in [0.25, 0.3) is 5.91 Å². The molecule has 20 heavy (non-hydrogen) atoms. The van der Waals surface area contributed by atoms with Crippen LogP contribution in [0.15, 0.2) is 28.9 Å². The molecule has 2 rings (SSSR count). The van der Waals surface area contributed by atoms with Gasteiger partial charge >= 0.3 is 0 Å². The summed E-state index contributed by atoms with van der Waals surface area (Å²) < 4.78 is 3.00. The molecule has 5 nitrogen and oxygen atoms in total. The Balaban J connectivity index is 1.79. The molecule has 0 unspecified atom stereocenters. The van der Waals surface area contributed by atoms with Crippen LogP contribution in [-0.4, -0.2) is 27.2 Å². The number of nitrogens with one attached hydrogen (secondary N) is 1. The lowest BCUT2D eigenvalue weighted by molar-refractivity contribution is 0.0947. The van der Waals surface area contributed by atoms with E-state index in [4.69, 9.17) is 0 Å². The van der Waals surface area contributed by atoms with Crippen LogP contribution in [0.4, 0.5) is 0 Å². The molecule has 0 aliphatic rings. The molecule has 2 aromatic rings. The van der Waals surface area contributed by atoms with Crippen LogP contribution < -0.4 is 5.32 Å². The standard InChI is InChI=1S/C14H17BrN4O/c1-10-13(15)11(2)19(18-10)9-5-8-17-14(20)12-6-3-4-7-16-12/h3-4,6-7H,5,8-9H2,1-2H3,(H,17,20). The average molecular weight is 337 g/mol. The van der Waals surface area contributed by atoms with E-state index in [9.17, 15) is 4.79 Å². The molecule has 1 N–H and O–H groups in total. The van der Waals surface area contributed by atoms with Gasteiger partial charge in [0.15, 0.2) is 0 Å². The fourth-order valence-corrected chi connectivity index (χ4v) is 2.20. The predicted octanol–water partition coefficient (Wildman–Crippen LogP) is 2.48. The second-order valence-corrected chi connectivity index (χ2v) is 5.33. The van der Waals surface area contributed by atoms with Gasteiger partial charge in [0.2, 0.25) is 0 Å². The van der Waals surface area contributed by atoms with Crippen molar-refractivity contribution in [3.63, 3.8) is 0 Å². The number of amides is 1. The Morgan fingerprint density at radius 3 is 2.80 bits per heavy atom. The molecule has 0 atom stereocenters. The van der Waals surface area contributed by atoms with Crippen LogP contribution in [0, 0.1) is 13.8 Å². The molecule has 106 valence electrons. The van der Waals surface area contributed by atoms with Gasteiger partial charge in [-0.25, -0.2) is 0 Å². The molecule has 0 spiro atoms. The fourth-order valence-electron chi connectivity index (χ4n) is 1.91. The summed E-state index contributed by atoms with van der Waals surface area (Å²) in [6.07, 6.45) is 2.44. The highest BCUT2D eigenvalue weighted by atomic mass is 79.9. The summed E-state index contributed by atoms with van der Waals surface area (Å²) in [6.45, 7) is 5.37. The summed E-state index contributed by atoms with van der Waals surface area (Å²) >= 11 is 3.50. The summed E-state index contributed by atoms with van der Waals surface area (Å²) in [4.78, 5) is 15.8. The molecule has 0 aliphatic carbocycles. The van der Waals surface area contributed by atoms with Gasteiger partial charge in [0, 0.05) is 25.0 Å². The minimum atomic E-state index is -0.139. The number of hydrogen-bond donors (Lipinski definition) is 1. The van der Waals surface area contributed by atoms with E-state index in [2.05, 4.69) is 31.3 Å². The summed E-state index contributed by atoms with van der Waals surface area (Å²) in [5.74, 6) is -0.139. The van der Waals surface area contributed by atoms with Gasteiger partial charge in [0.05, 0.1) is 10.2 Å². The summed E-state index contributed by atoms with van der Waals surface area (Å²) in [7, 11) is 0. The number of rotatable bonds is 5. The lowest BCUT2D eigenvalue weighted by atomic mass is 10.3. The van der Waals surface area contributed by atoms with Crippen molar-refractivity contribution >= 4 is 21.8 Å². The third-order valence-electron chi connectivity index (χ3n) is 3.02. The lowest BCUT2D eigenvalue weighted by Gasteiger charge is -2.06. The van der Waals surface area contributed by atoms with Crippen LogP contribution >= 0.6 is 15.9 Å². The van der Waals surface area contributed by atoms with Gasteiger partial charge in [-0.15, -0.1) is 0 Å². The number of aryl methyl sites for hydroxylation is 2. The van der Waals surface area contributed by atoms with Crippen molar-refractivity contribution in [3.05, 3.63) is 46.0 Å². The van der Waals surface area contributed by atoms with Crippen LogP contribution in [-0.2, 0) is 6.54 Å². The third-order valence-corrected chi connectivity index (χ3v) is 4.17. The summed E-state index contributed by atoms with van der Waals surface area (Å²) in [5.41, 5.74) is 2.54. The van der Waals surface area contributed by atoms with Crippen molar-refractivity contribution in [1.29, 1.82) is 0 Å². The Bertz CT molecular complexity index is 595. The van der Waals surface area contributed by atoms with E-state index in [0.29, 0.717) is 12.2 Å². The fraction of sp³-hybridized carbons (Fsp3) is 0.357. The van der Waals surface area contributed by atoms with Gasteiger partial charge < -0.3 is 5.32 Å². The van der Waals surface area contributed by atoms with Crippen molar-refractivity contribution in [2.45, 2.75) is 26.8 Å². The normalized spacial score (nSPS) is 10.6. The van der Waals surface area contributed by atoms with Gasteiger partial charge in [-0.05, 0) is 48.3 Å². The Kier molecular flexibility index (Phi) is 4.89. The molecule has 0 aromatic carbocycles. The highest BCUT2D eigenvalue weighted by molar-refractivity contribution is 9.10. The molecule has 0 aliphatic heterocycles. The summed E-state index contributed by atoms with van der Waals surface area (Å²) in [5, 5.41) is 7.29. The van der Waals surface area contributed by atoms with Gasteiger partial charge in [-0.2, -0.15) is 5.10 Å². The average Bonchev–Trinajstić information content (AvgIpc) is 2.71. The molecule has 0 bridgehead atoms. The zero-order valence-electron chi connectivity index (χ0n) is 11.6. The highest BCUT2D eigenvalue weighted by Crippen LogP contribution is 2.19. The number of hydrogen-bond acceptors (Lipinski definition) is 3. The largest absolute Gasteiger partial charge is 0.351 e. The van der Waals surface area contributed by atoms with Crippen molar-refractivity contribution in [3.8, 4) is 0 Å². The summed E-state index contributed by atoms with van der Waals surface area (Å²) in [6, 6.07) is 5.29. The zero-order valence-corrected chi connectivity index (χ0v) is 13.1. The smallest absolute Gasteiger partial charge is 0.269 e. The molecule has 6 heteroatoms. The van der Waals surface area contributed by atoms with E-state index in [1.54, 1.807) is 24.4 Å². The first-order chi connectivity index (χ1) is 9.59. The number of carbonyl (C=O) groups is 1. The van der Waals surface area contributed by atoms with Crippen molar-refractivity contribution in [1.82, 2.24) is 20.1 Å². The van der Waals surface area contributed by atoms with Crippen LogP contribution in [0.2, 0.25) is 0 Å². The molecule has 1 amide bonds. The minimum Gasteiger partial charge on any atom is -0.351 e. The predicted molar refractivity (Wildman–Crippen MR) is 80.6 cm³/mol. The van der Waals surface area contributed by atoms with E-state index in [1.807, 2.05) is 18.5 Å². The molecule has 2 aromatic heterocycles. The Morgan fingerprint density at radius 1 is 1.40 bits per heavy atom. The van der Waals surface area contributed by atoms with Crippen LogP contribution in [0.25, 0.3) is 0 Å². The SMILES string of the molecule is Cc1nn(CCCNC(=O)c2ccccn2)c(C)c1Br. The molecular formula is C14H17BrN4O. The molecule has 0 saturated carbocycles. The van der Waals surface area contributed by atoms with E-state index >= 15 is 0 Å². The Hall–Kier alpha value is -1.69. The van der Waals surface area contributed by atoms with E-state index in [1.165, 1.54) is 0 Å². The second kappa shape index (κ2) is 6.65. The number of pyridine rings is 1. The first-order valence-corrected chi connectivity index (χ1v) is 7.27. The van der Waals surface area contributed by atoms with Crippen molar-refractivity contribution in [2.75, 3.05) is 6.54 Å². The van der Waals surface area contributed by atoms with E-state index in [-0.39, 0.29) is 5.91 Å². The molecule has 0 radical (unpaired) electrons. The topological polar surface area (TPSA) is 59.8 Å². The van der Waals surface area contributed by atoms with Crippen LogP contribution in [0.5, 0.6) is 0 Å². The second-order valence-electron chi connectivity index (χ2n) is 4.53. The number of carbonyl (C=O) groups excluding carboxylic acids is 1. The van der Waals surface area contributed by atoms with Crippen molar-refractivity contribution in [2.24, 2.45) is 0 Å². The first-order valence-electron chi connectivity index (χ1n) is 6.48. The lowest BCUT2D eigenvalue weighted by Crippen LogP contribution is -2.26. The van der Waals surface area contributed by atoms with E-state index < -0.39 is 0 Å². The van der Waals surface area contributed by atoms with Gasteiger partial charge in [-0.3, -0.25) is 14.5 Å². The molecule has 0 fully saturated rings. The van der Waals surface area contributed by atoms with Crippen molar-refractivity contribution < 1.29 is 4.79 Å². The number of halogens is 1. The van der Waals surface area contributed by atoms with Gasteiger partial charge in [0.1, 0.15) is 5.69 Å². The third kappa shape index (κ3) is 3.45. The van der Waals surface area contributed by atoms with E-state index in [0.717, 1.165) is 28.8 Å². The van der Waals surface area contributed by atoms with Gasteiger partial charge in [-0.1, -0.05) is 6.07 Å². The maximum atomic E-state index is 11.8. The maximum absolute atomic E-state index is 11.8. The monoisotopic (exact) mass is 336 g/mol. The number of nitrogens with zero attached hydrogens (tertiary/aromatic N) is 3. The highest BCUT2D eigenvalue weighted by Gasteiger charge is 2.08. The van der Waals surface area contributed by atoms with Crippen LogP contribution in [0.3, 0.4) is 0 Å². The maximum Gasteiger partial charge on any atom is 0.269 e. The first kappa shape index (κ1) is 14.7. The Labute approximate surface area is 126 Å². The number of aromatic nitrogens is 3.